The van der Waals surface area contributed by atoms with Crippen LogP contribution in [-0.4, -0.2) is 43.8 Å². The van der Waals surface area contributed by atoms with E-state index < -0.39 is 10.0 Å². The molecular weight excluding hydrogens is 408 g/mol. The molecule has 1 aliphatic carbocycles. The summed E-state index contributed by atoms with van der Waals surface area (Å²) in [6, 6.07) is 9.85. The molecule has 0 unspecified atom stereocenters. The third kappa shape index (κ3) is 3.86. The highest BCUT2D eigenvalue weighted by atomic mass is 35.5. The third-order valence-electron chi connectivity index (χ3n) is 6.20. The second kappa shape index (κ2) is 7.82. The van der Waals surface area contributed by atoms with E-state index >= 15 is 0 Å². The molecule has 0 spiro atoms. The van der Waals surface area contributed by atoms with E-state index in [2.05, 4.69) is 22.7 Å². The number of sulfonamides is 1. The first-order chi connectivity index (χ1) is 13.8. The Kier molecular flexibility index (Phi) is 5.53. The molecule has 2 aliphatic rings. The molecule has 7 heteroatoms. The van der Waals surface area contributed by atoms with Gasteiger partial charge in [-0.25, -0.2) is 8.42 Å². The zero-order valence-corrected chi connectivity index (χ0v) is 18.4. The molecule has 29 heavy (non-hydrogen) atoms. The molecule has 0 aromatic heterocycles. The van der Waals surface area contributed by atoms with Gasteiger partial charge >= 0.3 is 0 Å². The predicted molar refractivity (Wildman–Crippen MR) is 118 cm³/mol. The van der Waals surface area contributed by atoms with Gasteiger partial charge in [0.05, 0.1) is 16.5 Å². The smallest absolute Gasteiger partial charge is 0.232 e. The molecule has 0 radical (unpaired) electrons. The zero-order valence-electron chi connectivity index (χ0n) is 16.8. The first-order valence-electron chi connectivity index (χ1n) is 10.1. The van der Waals surface area contributed by atoms with Gasteiger partial charge in [-0.1, -0.05) is 30.7 Å². The number of rotatable bonds is 4. The summed E-state index contributed by atoms with van der Waals surface area (Å²) in [7, 11) is -1.21. The van der Waals surface area contributed by atoms with E-state index in [9.17, 15) is 13.5 Å². The Morgan fingerprint density at radius 3 is 2.79 bits per heavy atom. The fourth-order valence-corrected chi connectivity index (χ4v) is 6.21. The summed E-state index contributed by atoms with van der Waals surface area (Å²) < 4.78 is 27.6. The number of fused-ring (bicyclic) bond motifs is 5. The molecule has 4 rings (SSSR count). The van der Waals surface area contributed by atoms with Crippen molar-refractivity contribution in [2.24, 2.45) is 0 Å². The van der Waals surface area contributed by atoms with Crippen LogP contribution < -0.4 is 4.72 Å². The van der Waals surface area contributed by atoms with Crippen molar-refractivity contribution >= 4 is 27.3 Å². The standard InChI is InChI=1S/C22H27ClN2O3S/c1-3-11-29(27,28)24-19-6-4-5-16-15(19)7-8-20-22(16)17-13-21(26)18(23)12-14(17)9-10-25(20)2/h4-6,12-13,20,22,24,26H,3,7-11H2,1-2H3/t20-,22+/m0/s1. The van der Waals surface area contributed by atoms with E-state index in [-0.39, 0.29) is 17.4 Å². The fraction of sp³-hybridized carbons (Fsp3) is 0.455. The van der Waals surface area contributed by atoms with Crippen molar-refractivity contribution in [3.63, 3.8) is 0 Å². The maximum Gasteiger partial charge on any atom is 0.232 e. The molecule has 0 saturated carbocycles. The number of hydrogen-bond donors (Lipinski definition) is 2. The summed E-state index contributed by atoms with van der Waals surface area (Å²) in [5.74, 6) is 0.279. The first kappa shape index (κ1) is 20.5. The lowest BCUT2D eigenvalue weighted by atomic mass is 9.74. The summed E-state index contributed by atoms with van der Waals surface area (Å²) in [6.07, 6.45) is 3.20. The molecule has 156 valence electrons. The Bertz CT molecular complexity index is 1040. The van der Waals surface area contributed by atoms with Crippen molar-refractivity contribution in [3.8, 4) is 5.75 Å². The number of benzene rings is 2. The van der Waals surface area contributed by atoms with Crippen LogP contribution in [0.4, 0.5) is 5.69 Å². The first-order valence-corrected chi connectivity index (χ1v) is 12.2. The topological polar surface area (TPSA) is 69.6 Å². The molecule has 1 heterocycles. The Labute approximate surface area is 177 Å². The third-order valence-corrected chi connectivity index (χ3v) is 7.98. The average Bonchev–Trinajstić information content (AvgIpc) is 2.80. The van der Waals surface area contributed by atoms with E-state index in [0.29, 0.717) is 23.2 Å². The summed E-state index contributed by atoms with van der Waals surface area (Å²) in [6.45, 7) is 2.79. The number of nitrogens with one attached hydrogen (secondary N) is 1. The number of halogens is 1. The van der Waals surface area contributed by atoms with Crippen LogP contribution in [-0.2, 0) is 22.9 Å². The Morgan fingerprint density at radius 2 is 2.03 bits per heavy atom. The molecule has 0 bridgehead atoms. The molecule has 2 aromatic rings. The highest BCUT2D eigenvalue weighted by Gasteiger charge is 2.37. The Hall–Kier alpha value is -1.76. The monoisotopic (exact) mass is 434 g/mol. The Balaban J connectivity index is 1.85. The van der Waals surface area contributed by atoms with Gasteiger partial charge < -0.3 is 10.0 Å². The number of likely N-dealkylation sites (N-methyl/N-ethyl adjacent to an activating group) is 1. The van der Waals surface area contributed by atoms with E-state index in [4.69, 9.17) is 11.6 Å². The van der Waals surface area contributed by atoms with Crippen LogP contribution >= 0.6 is 11.6 Å². The molecule has 2 aromatic carbocycles. The van der Waals surface area contributed by atoms with Crippen molar-refractivity contribution in [2.75, 3.05) is 24.1 Å². The van der Waals surface area contributed by atoms with Crippen molar-refractivity contribution in [2.45, 2.75) is 44.6 Å². The van der Waals surface area contributed by atoms with Gasteiger partial charge in [0.15, 0.2) is 0 Å². The zero-order chi connectivity index (χ0) is 20.8. The molecule has 1 aliphatic heterocycles. The van der Waals surface area contributed by atoms with E-state index in [1.807, 2.05) is 25.1 Å². The normalized spacial score (nSPS) is 21.6. The maximum atomic E-state index is 12.4. The fourth-order valence-electron chi connectivity index (χ4n) is 4.86. The van der Waals surface area contributed by atoms with E-state index in [1.165, 1.54) is 0 Å². The number of phenolic OH excluding ortho intramolecular Hbond substituents is 1. The summed E-state index contributed by atoms with van der Waals surface area (Å²) in [5.41, 5.74) is 5.12. The van der Waals surface area contributed by atoms with Gasteiger partial charge in [-0.3, -0.25) is 4.72 Å². The molecule has 2 atom stereocenters. The van der Waals surface area contributed by atoms with Crippen LogP contribution in [0.2, 0.25) is 5.02 Å². The van der Waals surface area contributed by atoms with Crippen LogP contribution in [0.15, 0.2) is 30.3 Å². The molecule has 0 fully saturated rings. The number of phenols is 1. The van der Waals surface area contributed by atoms with Crippen LogP contribution in [0.3, 0.4) is 0 Å². The van der Waals surface area contributed by atoms with Crippen molar-refractivity contribution < 1.29 is 13.5 Å². The lowest BCUT2D eigenvalue weighted by molar-refractivity contribution is 0.214. The number of anilines is 1. The van der Waals surface area contributed by atoms with Crippen LogP contribution in [0.25, 0.3) is 0 Å². The SMILES string of the molecule is CCCS(=O)(=O)Nc1cccc2c1CC[C@H]1[C@H]2c2cc(O)c(Cl)cc2CCN1C. The highest BCUT2D eigenvalue weighted by Crippen LogP contribution is 2.46. The van der Waals surface area contributed by atoms with Crippen LogP contribution in [0, 0.1) is 0 Å². The summed E-state index contributed by atoms with van der Waals surface area (Å²) in [5, 5.41) is 10.7. The minimum atomic E-state index is -3.36. The molecule has 5 nitrogen and oxygen atoms in total. The van der Waals surface area contributed by atoms with E-state index in [0.717, 1.165) is 48.1 Å². The number of aromatic hydroxyl groups is 1. The van der Waals surface area contributed by atoms with Gasteiger partial charge in [0.25, 0.3) is 0 Å². The largest absolute Gasteiger partial charge is 0.506 e. The van der Waals surface area contributed by atoms with Crippen molar-refractivity contribution in [1.29, 1.82) is 0 Å². The molecule has 0 saturated heterocycles. The average molecular weight is 435 g/mol. The molecule has 0 amide bonds. The second-order valence-electron chi connectivity index (χ2n) is 8.11. The summed E-state index contributed by atoms with van der Waals surface area (Å²) in [4.78, 5) is 2.38. The Morgan fingerprint density at radius 1 is 1.24 bits per heavy atom. The van der Waals surface area contributed by atoms with Crippen molar-refractivity contribution in [1.82, 2.24) is 4.90 Å². The molecule has 2 N–H and O–H groups in total. The lowest BCUT2D eigenvalue weighted by Crippen LogP contribution is -2.39. The lowest BCUT2D eigenvalue weighted by Gasteiger charge is -2.39. The minimum Gasteiger partial charge on any atom is -0.506 e. The van der Waals surface area contributed by atoms with Crippen molar-refractivity contribution in [3.05, 3.63) is 57.6 Å². The van der Waals surface area contributed by atoms with Gasteiger partial charge in [0.1, 0.15) is 5.75 Å². The highest BCUT2D eigenvalue weighted by molar-refractivity contribution is 7.92. The number of hydrogen-bond acceptors (Lipinski definition) is 4. The number of nitrogens with zero attached hydrogens (tertiary/aromatic N) is 1. The van der Waals surface area contributed by atoms with Gasteiger partial charge in [-0.15, -0.1) is 0 Å². The van der Waals surface area contributed by atoms with Crippen LogP contribution in [0.1, 0.15) is 47.9 Å². The summed E-state index contributed by atoms with van der Waals surface area (Å²) >= 11 is 6.20. The molecular formula is C22H27ClN2O3S. The minimum absolute atomic E-state index is 0.0695. The van der Waals surface area contributed by atoms with Gasteiger partial charge in [-0.2, -0.15) is 0 Å². The van der Waals surface area contributed by atoms with Gasteiger partial charge in [-0.05, 0) is 73.2 Å². The second-order valence-corrected chi connectivity index (χ2v) is 10.4. The van der Waals surface area contributed by atoms with Gasteiger partial charge in [0.2, 0.25) is 10.0 Å². The quantitative estimate of drug-likeness (QED) is 0.759. The van der Waals surface area contributed by atoms with Gasteiger partial charge in [0, 0.05) is 18.5 Å². The van der Waals surface area contributed by atoms with Crippen LogP contribution in [0.5, 0.6) is 5.75 Å². The predicted octanol–water partition coefficient (Wildman–Crippen LogP) is 4.13. The van der Waals surface area contributed by atoms with E-state index in [1.54, 1.807) is 6.07 Å². The maximum absolute atomic E-state index is 12.4.